The first-order chi connectivity index (χ1) is 9.16. The van der Waals surface area contributed by atoms with Crippen LogP contribution in [0.2, 0.25) is 0 Å². The van der Waals surface area contributed by atoms with Crippen molar-refractivity contribution in [2.24, 2.45) is 0 Å². The fraction of sp³-hybridized carbons (Fsp3) is 0.615. The van der Waals surface area contributed by atoms with Crippen molar-refractivity contribution in [2.75, 3.05) is 11.6 Å². The molecule has 0 bridgehead atoms. The van der Waals surface area contributed by atoms with Crippen molar-refractivity contribution < 1.29 is 9.90 Å². The Bertz CT molecular complexity index is 445. The molecule has 1 aromatic rings. The van der Waals surface area contributed by atoms with Crippen LogP contribution in [0.15, 0.2) is 17.4 Å². The number of nitrogens with zero attached hydrogens (tertiary/aromatic N) is 2. The van der Waals surface area contributed by atoms with Gasteiger partial charge in [0.2, 0.25) is 0 Å². The van der Waals surface area contributed by atoms with Crippen LogP contribution in [0.4, 0.5) is 5.82 Å². The van der Waals surface area contributed by atoms with Crippen LogP contribution in [0.1, 0.15) is 38.5 Å². The van der Waals surface area contributed by atoms with E-state index >= 15 is 0 Å². The molecule has 1 saturated carbocycles. The van der Waals surface area contributed by atoms with E-state index in [9.17, 15) is 9.90 Å². The van der Waals surface area contributed by atoms with Crippen LogP contribution >= 0.6 is 11.8 Å². The van der Waals surface area contributed by atoms with Crippen molar-refractivity contribution in [3.8, 4) is 0 Å². The Hall–Kier alpha value is -1.30. The molecule has 0 aromatic carbocycles. The second-order valence-electron chi connectivity index (χ2n) is 4.87. The van der Waals surface area contributed by atoms with Gasteiger partial charge in [-0.25, -0.2) is 14.8 Å². The number of rotatable bonds is 4. The highest BCUT2D eigenvalue weighted by Gasteiger charge is 2.38. The molecule has 6 heteroatoms. The van der Waals surface area contributed by atoms with Crippen LogP contribution < -0.4 is 5.32 Å². The lowest BCUT2D eigenvalue weighted by Crippen LogP contribution is -2.46. The summed E-state index contributed by atoms with van der Waals surface area (Å²) in [4.78, 5) is 19.9. The standard InChI is InChI=1S/C13H19N3O2S/c1-19-11-8-10(14-9-15-11)16-13(12(17)18)6-4-2-3-5-7-13/h8-9H,2-7H2,1H3,(H,17,18)(H,14,15,16). The summed E-state index contributed by atoms with van der Waals surface area (Å²) >= 11 is 1.52. The summed E-state index contributed by atoms with van der Waals surface area (Å²) in [5.74, 6) is -0.178. The number of aromatic nitrogens is 2. The molecular weight excluding hydrogens is 262 g/mol. The lowest BCUT2D eigenvalue weighted by Gasteiger charge is -2.29. The quantitative estimate of drug-likeness (QED) is 0.502. The predicted octanol–water partition coefficient (Wildman–Crippen LogP) is 2.79. The maximum absolute atomic E-state index is 11.7. The van der Waals surface area contributed by atoms with Crippen molar-refractivity contribution in [3.05, 3.63) is 12.4 Å². The average Bonchev–Trinajstić information content (AvgIpc) is 2.65. The number of carbonyl (C=O) groups is 1. The van der Waals surface area contributed by atoms with Gasteiger partial charge in [-0.15, -0.1) is 11.8 Å². The molecule has 1 fully saturated rings. The zero-order chi connectivity index (χ0) is 13.7. The van der Waals surface area contributed by atoms with Crippen molar-refractivity contribution in [2.45, 2.75) is 49.1 Å². The molecule has 0 saturated heterocycles. The topological polar surface area (TPSA) is 75.1 Å². The molecule has 0 radical (unpaired) electrons. The normalized spacial score (nSPS) is 18.6. The fourth-order valence-electron chi connectivity index (χ4n) is 2.49. The maximum Gasteiger partial charge on any atom is 0.329 e. The van der Waals surface area contributed by atoms with E-state index in [1.54, 1.807) is 6.07 Å². The van der Waals surface area contributed by atoms with Gasteiger partial charge in [-0.2, -0.15) is 0 Å². The average molecular weight is 281 g/mol. The lowest BCUT2D eigenvalue weighted by molar-refractivity contribution is -0.142. The van der Waals surface area contributed by atoms with Crippen molar-refractivity contribution in [3.63, 3.8) is 0 Å². The molecule has 0 unspecified atom stereocenters. The van der Waals surface area contributed by atoms with Gasteiger partial charge in [0.05, 0.1) is 0 Å². The van der Waals surface area contributed by atoms with Crippen molar-refractivity contribution >= 4 is 23.5 Å². The third-order valence-corrected chi connectivity index (χ3v) is 4.23. The minimum atomic E-state index is -0.874. The van der Waals surface area contributed by atoms with E-state index in [0.29, 0.717) is 18.7 Å². The molecule has 1 aliphatic carbocycles. The zero-order valence-electron chi connectivity index (χ0n) is 11.1. The molecule has 1 heterocycles. The molecule has 1 aliphatic rings. The first kappa shape index (κ1) is 14.1. The van der Waals surface area contributed by atoms with Crippen LogP contribution in [0.25, 0.3) is 0 Å². The maximum atomic E-state index is 11.7. The summed E-state index contributed by atoms with van der Waals surface area (Å²) in [6.45, 7) is 0. The first-order valence-electron chi connectivity index (χ1n) is 6.54. The number of carboxylic acid groups (broad SMARTS) is 1. The monoisotopic (exact) mass is 281 g/mol. The summed E-state index contributed by atoms with van der Waals surface area (Å²) in [5, 5.41) is 13.6. The molecule has 2 N–H and O–H groups in total. The zero-order valence-corrected chi connectivity index (χ0v) is 11.9. The molecule has 2 rings (SSSR count). The van der Waals surface area contributed by atoms with E-state index in [1.165, 1.54) is 18.1 Å². The van der Waals surface area contributed by atoms with E-state index in [2.05, 4.69) is 15.3 Å². The van der Waals surface area contributed by atoms with Gasteiger partial charge in [0, 0.05) is 6.07 Å². The summed E-state index contributed by atoms with van der Waals surface area (Å²) in [6.07, 6.45) is 8.82. The Balaban J connectivity index is 2.21. The predicted molar refractivity (Wildman–Crippen MR) is 75.5 cm³/mol. The molecule has 0 aliphatic heterocycles. The Labute approximate surface area is 117 Å². The summed E-state index contributed by atoms with van der Waals surface area (Å²) in [5.41, 5.74) is -0.874. The second kappa shape index (κ2) is 6.23. The summed E-state index contributed by atoms with van der Waals surface area (Å²) < 4.78 is 0. The first-order valence-corrected chi connectivity index (χ1v) is 7.76. The van der Waals surface area contributed by atoms with Crippen LogP contribution in [0, 0.1) is 0 Å². The van der Waals surface area contributed by atoms with E-state index in [0.717, 1.165) is 30.7 Å². The van der Waals surface area contributed by atoms with E-state index in [1.807, 2.05) is 6.26 Å². The molecular formula is C13H19N3O2S. The van der Waals surface area contributed by atoms with Gasteiger partial charge in [0.15, 0.2) is 0 Å². The van der Waals surface area contributed by atoms with Crippen LogP contribution in [-0.2, 0) is 4.79 Å². The van der Waals surface area contributed by atoms with Crippen LogP contribution in [-0.4, -0.2) is 32.8 Å². The SMILES string of the molecule is CSc1cc(NC2(C(=O)O)CCCCCC2)ncn1. The smallest absolute Gasteiger partial charge is 0.329 e. The largest absolute Gasteiger partial charge is 0.480 e. The second-order valence-corrected chi connectivity index (χ2v) is 5.70. The number of hydrogen-bond donors (Lipinski definition) is 2. The number of anilines is 1. The number of hydrogen-bond acceptors (Lipinski definition) is 5. The van der Waals surface area contributed by atoms with Crippen LogP contribution in [0.5, 0.6) is 0 Å². The minimum Gasteiger partial charge on any atom is -0.480 e. The van der Waals surface area contributed by atoms with Gasteiger partial charge in [0.1, 0.15) is 22.7 Å². The highest BCUT2D eigenvalue weighted by molar-refractivity contribution is 7.98. The van der Waals surface area contributed by atoms with Crippen molar-refractivity contribution in [1.29, 1.82) is 0 Å². The lowest BCUT2D eigenvalue weighted by atomic mass is 9.90. The highest BCUT2D eigenvalue weighted by Crippen LogP contribution is 2.31. The highest BCUT2D eigenvalue weighted by atomic mass is 32.2. The molecule has 0 atom stereocenters. The summed E-state index contributed by atoms with van der Waals surface area (Å²) in [6, 6.07) is 1.81. The number of nitrogens with one attached hydrogen (secondary N) is 1. The van der Waals surface area contributed by atoms with Gasteiger partial charge in [0.25, 0.3) is 0 Å². The Kier molecular flexibility index (Phi) is 4.63. The van der Waals surface area contributed by atoms with Gasteiger partial charge < -0.3 is 10.4 Å². The Morgan fingerprint density at radius 2 is 2.00 bits per heavy atom. The van der Waals surface area contributed by atoms with Gasteiger partial charge >= 0.3 is 5.97 Å². The Morgan fingerprint density at radius 1 is 1.32 bits per heavy atom. The third-order valence-electron chi connectivity index (χ3n) is 3.58. The fourth-order valence-corrected chi connectivity index (χ4v) is 2.87. The molecule has 19 heavy (non-hydrogen) atoms. The summed E-state index contributed by atoms with van der Waals surface area (Å²) in [7, 11) is 0. The molecule has 0 spiro atoms. The van der Waals surface area contributed by atoms with Crippen molar-refractivity contribution in [1.82, 2.24) is 9.97 Å². The third kappa shape index (κ3) is 3.37. The van der Waals surface area contributed by atoms with E-state index < -0.39 is 11.5 Å². The van der Waals surface area contributed by atoms with Gasteiger partial charge in [-0.1, -0.05) is 25.7 Å². The molecule has 104 valence electrons. The number of carboxylic acids is 1. The number of aliphatic carboxylic acids is 1. The Morgan fingerprint density at radius 3 is 2.58 bits per heavy atom. The van der Waals surface area contributed by atoms with E-state index in [-0.39, 0.29) is 0 Å². The minimum absolute atomic E-state index is 0.601. The molecule has 1 aromatic heterocycles. The molecule has 5 nitrogen and oxygen atoms in total. The van der Waals surface area contributed by atoms with Gasteiger partial charge in [-0.05, 0) is 19.1 Å². The molecule has 0 amide bonds. The van der Waals surface area contributed by atoms with Gasteiger partial charge in [-0.3, -0.25) is 0 Å². The van der Waals surface area contributed by atoms with E-state index in [4.69, 9.17) is 0 Å². The number of thioether (sulfide) groups is 1. The van der Waals surface area contributed by atoms with Crippen LogP contribution in [0.3, 0.4) is 0 Å².